The number of fused-ring (bicyclic) bond motifs is 3. The van der Waals surface area contributed by atoms with Crippen LogP contribution in [0.3, 0.4) is 0 Å². The molecule has 34 heavy (non-hydrogen) atoms. The molecular formula is C27H18ClF5Zr. The molecular weight excluding hydrogens is 546 g/mol. The fourth-order valence-electron chi connectivity index (χ4n) is 4.12. The topological polar surface area (TPSA) is 0 Å². The Morgan fingerprint density at radius 1 is 0.647 bits per heavy atom. The van der Waals surface area contributed by atoms with Crippen molar-refractivity contribution in [3.8, 4) is 0 Å². The number of rotatable bonds is 2. The predicted molar refractivity (Wildman–Crippen MR) is 116 cm³/mol. The quantitative estimate of drug-likeness (QED) is 0.124. The van der Waals surface area contributed by atoms with Crippen molar-refractivity contribution in [2.45, 2.75) is 19.3 Å². The molecule has 0 atom stereocenters. The van der Waals surface area contributed by atoms with Crippen LogP contribution in [0.5, 0.6) is 0 Å². The molecule has 0 bridgehead atoms. The maximum absolute atomic E-state index is 12.0. The Kier molecular flexibility index (Phi) is 9.01. The molecule has 0 N–H and O–H groups in total. The second-order valence-corrected chi connectivity index (χ2v) is 7.96. The van der Waals surface area contributed by atoms with E-state index in [0.29, 0.717) is 0 Å². The Hall–Kier alpha value is -2.30. The Bertz CT molecular complexity index is 1320. The van der Waals surface area contributed by atoms with Gasteiger partial charge in [-0.15, -0.1) is 45.3 Å². The minimum Gasteiger partial charge on any atom is -1.00 e. The van der Waals surface area contributed by atoms with Crippen LogP contribution in [0, 0.1) is 35.2 Å². The summed E-state index contributed by atoms with van der Waals surface area (Å²) in [4.78, 5) is 0. The molecule has 5 aromatic carbocycles. The Balaban J connectivity index is 0.000000271. The van der Waals surface area contributed by atoms with Gasteiger partial charge in [-0.1, -0.05) is 55.7 Å². The van der Waals surface area contributed by atoms with Crippen molar-refractivity contribution in [1.82, 2.24) is 0 Å². The van der Waals surface area contributed by atoms with Crippen LogP contribution in [0.4, 0.5) is 22.0 Å². The van der Waals surface area contributed by atoms with Gasteiger partial charge in [-0.25, -0.2) is 25.3 Å². The van der Waals surface area contributed by atoms with Crippen molar-refractivity contribution in [2.24, 2.45) is 0 Å². The maximum atomic E-state index is 12.0. The third-order valence-electron chi connectivity index (χ3n) is 5.68. The summed E-state index contributed by atoms with van der Waals surface area (Å²) >= 11 is 0. The first-order valence-electron chi connectivity index (χ1n) is 9.93. The number of hydrogen-bond donors (Lipinski definition) is 0. The van der Waals surface area contributed by atoms with Gasteiger partial charge in [0.05, 0.1) is 29.1 Å². The first-order chi connectivity index (χ1) is 15.2. The first kappa shape index (κ1) is 27.9. The number of benzene rings is 3. The van der Waals surface area contributed by atoms with Gasteiger partial charge in [0, 0.05) is 0 Å². The first-order valence-corrected chi connectivity index (χ1v) is 9.93. The van der Waals surface area contributed by atoms with Gasteiger partial charge in [0.1, 0.15) is 0 Å². The van der Waals surface area contributed by atoms with E-state index in [9.17, 15) is 22.0 Å². The molecule has 0 saturated heterocycles. The van der Waals surface area contributed by atoms with Crippen LogP contribution in [-0.4, -0.2) is 0 Å². The molecule has 0 amide bonds. The molecule has 0 fully saturated rings. The molecule has 0 radical (unpaired) electrons. The molecule has 0 unspecified atom stereocenters. The van der Waals surface area contributed by atoms with Crippen molar-refractivity contribution in [1.29, 1.82) is 0 Å². The minimum absolute atomic E-state index is 0. The van der Waals surface area contributed by atoms with E-state index in [1.807, 2.05) is 0 Å². The molecule has 0 heterocycles. The zero-order chi connectivity index (χ0) is 23.0. The van der Waals surface area contributed by atoms with Crippen LogP contribution in [0.1, 0.15) is 25.0 Å². The molecule has 7 heteroatoms. The molecule has 5 aromatic rings. The van der Waals surface area contributed by atoms with Gasteiger partial charge in [-0.2, -0.15) is 17.7 Å². The van der Waals surface area contributed by atoms with Gasteiger partial charge in [0.15, 0.2) is 0 Å². The van der Waals surface area contributed by atoms with Crippen molar-refractivity contribution in [3.05, 3.63) is 119 Å². The number of hydrogen-bond acceptors (Lipinski definition) is 0. The summed E-state index contributed by atoms with van der Waals surface area (Å²) in [7, 11) is 0. The SMILES string of the molecule is CC(C)([c-]1cccc1)[c-]1c2ccccc2c2ccccc21.Fc1[c-]c(F)c(F)c(F)c1F.[Cl-].[Zr+4]. The van der Waals surface area contributed by atoms with E-state index in [-0.39, 0.29) is 44.0 Å². The van der Waals surface area contributed by atoms with Gasteiger partial charge in [-0.05, 0) is 0 Å². The summed E-state index contributed by atoms with van der Waals surface area (Å²) in [5.41, 5.74) is 2.83. The van der Waals surface area contributed by atoms with Crippen molar-refractivity contribution < 1.29 is 60.6 Å². The van der Waals surface area contributed by atoms with Crippen LogP contribution < -0.4 is 12.4 Å². The van der Waals surface area contributed by atoms with Crippen LogP contribution in [0.25, 0.3) is 21.5 Å². The molecule has 0 aliphatic heterocycles. The predicted octanol–water partition coefficient (Wildman–Crippen LogP) is 4.94. The molecule has 0 aromatic heterocycles. The third kappa shape index (κ3) is 4.90. The fourth-order valence-corrected chi connectivity index (χ4v) is 4.12. The van der Waals surface area contributed by atoms with Crippen molar-refractivity contribution in [3.63, 3.8) is 0 Å². The zero-order valence-corrected chi connectivity index (χ0v) is 21.4. The second kappa shape index (κ2) is 11.0. The number of halogens is 6. The summed E-state index contributed by atoms with van der Waals surface area (Å²) in [6, 6.07) is 27.3. The van der Waals surface area contributed by atoms with Crippen molar-refractivity contribution >= 4 is 21.5 Å². The molecule has 0 aliphatic carbocycles. The molecule has 0 aliphatic rings. The van der Waals surface area contributed by atoms with E-state index in [0.717, 1.165) is 6.07 Å². The molecule has 0 saturated carbocycles. The van der Waals surface area contributed by atoms with E-state index in [2.05, 4.69) is 86.6 Å². The van der Waals surface area contributed by atoms with Crippen LogP contribution >= 0.6 is 0 Å². The van der Waals surface area contributed by atoms with Crippen LogP contribution in [-0.2, 0) is 31.6 Å². The van der Waals surface area contributed by atoms with Gasteiger partial charge in [0.25, 0.3) is 0 Å². The Labute approximate surface area is 219 Å². The van der Waals surface area contributed by atoms with E-state index in [4.69, 9.17) is 0 Å². The molecule has 0 nitrogen and oxygen atoms in total. The summed E-state index contributed by atoms with van der Waals surface area (Å²) in [6.45, 7) is 4.66. The van der Waals surface area contributed by atoms with E-state index in [1.165, 1.54) is 32.7 Å². The van der Waals surface area contributed by atoms with Gasteiger partial charge >= 0.3 is 26.2 Å². The second-order valence-electron chi connectivity index (χ2n) is 7.96. The Morgan fingerprint density at radius 3 is 1.50 bits per heavy atom. The third-order valence-corrected chi connectivity index (χ3v) is 5.68. The van der Waals surface area contributed by atoms with Gasteiger partial charge in [-0.3, -0.25) is 8.78 Å². The summed E-state index contributed by atoms with van der Waals surface area (Å²) in [6.07, 6.45) is 0. The van der Waals surface area contributed by atoms with E-state index < -0.39 is 29.1 Å². The monoisotopic (exact) mass is 562 g/mol. The minimum atomic E-state index is -2.17. The maximum Gasteiger partial charge on any atom is 4.00 e. The molecule has 0 spiro atoms. The van der Waals surface area contributed by atoms with E-state index >= 15 is 0 Å². The van der Waals surface area contributed by atoms with Gasteiger partial charge < -0.3 is 12.4 Å². The summed E-state index contributed by atoms with van der Waals surface area (Å²) in [5, 5.41) is 5.49. The normalized spacial score (nSPS) is 10.9. The van der Waals surface area contributed by atoms with Crippen LogP contribution in [0.15, 0.2) is 72.8 Å². The summed E-state index contributed by atoms with van der Waals surface area (Å²) in [5.74, 6) is -10.0. The molecule has 5 rings (SSSR count). The largest absolute Gasteiger partial charge is 4.00 e. The van der Waals surface area contributed by atoms with Gasteiger partial charge in [0.2, 0.25) is 0 Å². The Morgan fingerprint density at radius 2 is 1.06 bits per heavy atom. The zero-order valence-electron chi connectivity index (χ0n) is 18.2. The summed E-state index contributed by atoms with van der Waals surface area (Å²) < 4.78 is 59.9. The average molecular weight is 564 g/mol. The van der Waals surface area contributed by atoms with Crippen molar-refractivity contribution in [2.75, 3.05) is 0 Å². The van der Waals surface area contributed by atoms with Crippen LogP contribution in [0.2, 0.25) is 0 Å². The standard InChI is InChI=1S/C21H18.C6F5.ClH.Zr/c1-21(2,15-9-3-4-10-15)20-18-13-7-5-11-16(18)17-12-6-8-14-19(17)20;7-2-1-3(8)5(10)6(11)4(2)9;;/h3-14H,1-2H3;;1H;/q-2;-1;;+4/p-1. The molecule has 172 valence electrons. The smallest absolute Gasteiger partial charge is 1.00 e. The fraction of sp³-hybridized carbons (Fsp3) is 0.111. The van der Waals surface area contributed by atoms with E-state index in [1.54, 1.807) is 0 Å². The average Bonchev–Trinajstić information content (AvgIpc) is 3.44.